The predicted octanol–water partition coefficient (Wildman–Crippen LogP) is 3.66. The van der Waals surface area contributed by atoms with Gasteiger partial charge in [0.15, 0.2) is 0 Å². The number of aromatic nitrogens is 2. The molecule has 0 amide bonds. The van der Waals surface area contributed by atoms with Crippen molar-refractivity contribution in [2.45, 2.75) is 12.5 Å². The van der Waals surface area contributed by atoms with Crippen LogP contribution in [-0.4, -0.2) is 9.97 Å². The molecule has 0 saturated heterocycles. The Morgan fingerprint density at radius 3 is 2.57 bits per heavy atom. The Morgan fingerprint density at radius 1 is 1.05 bits per heavy atom. The summed E-state index contributed by atoms with van der Waals surface area (Å²) >= 11 is 5.79. The lowest BCUT2D eigenvalue weighted by Gasteiger charge is -2.13. The molecule has 2 aromatic carbocycles. The van der Waals surface area contributed by atoms with Crippen molar-refractivity contribution in [3.05, 3.63) is 70.8 Å². The fourth-order valence-electron chi connectivity index (χ4n) is 2.25. The molecule has 0 fully saturated rings. The number of nitrogens with two attached hydrogens (primary N) is 1. The lowest BCUT2D eigenvalue weighted by Crippen LogP contribution is -2.13. The number of hydrogen-bond donors (Lipinski definition) is 1. The Balaban J connectivity index is 1.85. The van der Waals surface area contributed by atoms with Gasteiger partial charge in [-0.05, 0) is 41.8 Å². The van der Waals surface area contributed by atoms with Gasteiger partial charge >= 0.3 is 0 Å². The van der Waals surface area contributed by atoms with Gasteiger partial charge in [-0.25, -0.2) is 4.39 Å². The van der Waals surface area contributed by atoms with Gasteiger partial charge in [0, 0.05) is 18.4 Å². The molecule has 3 aromatic rings. The molecule has 5 heteroatoms. The molecule has 0 bridgehead atoms. The Morgan fingerprint density at radius 2 is 1.81 bits per heavy atom. The first-order chi connectivity index (χ1) is 10.1. The molecule has 0 saturated carbocycles. The highest BCUT2D eigenvalue weighted by atomic mass is 35.5. The predicted molar refractivity (Wildman–Crippen MR) is 81.6 cm³/mol. The summed E-state index contributed by atoms with van der Waals surface area (Å²) in [5, 5.41) is 0.115. The Bertz CT molecular complexity index is 791. The maximum Gasteiger partial charge on any atom is 0.141 e. The van der Waals surface area contributed by atoms with Gasteiger partial charge in [-0.2, -0.15) is 0 Å². The zero-order valence-corrected chi connectivity index (χ0v) is 11.9. The summed E-state index contributed by atoms with van der Waals surface area (Å²) in [4.78, 5) is 8.49. The van der Waals surface area contributed by atoms with Crippen LogP contribution in [0.5, 0.6) is 0 Å². The van der Waals surface area contributed by atoms with E-state index in [-0.39, 0.29) is 11.1 Å². The molecule has 0 aliphatic rings. The maximum atomic E-state index is 13.2. The molecular formula is C16H13ClFN3. The van der Waals surface area contributed by atoms with E-state index in [1.807, 2.05) is 18.2 Å². The first kappa shape index (κ1) is 13.9. The zero-order chi connectivity index (χ0) is 14.8. The summed E-state index contributed by atoms with van der Waals surface area (Å²) in [5.74, 6) is -0.421. The molecule has 0 spiro atoms. The first-order valence-electron chi connectivity index (χ1n) is 6.53. The molecule has 2 N–H and O–H groups in total. The van der Waals surface area contributed by atoms with E-state index in [9.17, 15) is 4.39 Å². The van der Waals surface area contributed by atoms with Crippen molar-refractivity contribution in [1.82, 2.24) is 9.97 Å². The quantitative estimate of drug-likeness (QED) is 0.803. The normalized spacial score (nSPS) is 12.5. The van der Waals surface area contributed by atoms with Crippen molar-refractivity contribution < 1.29 is 4.39 Å². The second-order valence-electron chi connectivity index (χ2n) is 4.86. The minimum atomic E-state index is -0.421. The summed E-state index contributed by atoms with van der Waals surface area (Å²) < 4.78 is 13.2. The smallest absolute Gasteiger partial charge is 0.141 e. The van der Waals surface area contributed by atoms with Gasteiger partial charge < -0.3 is 5.73 Å². The van der Waals surface area contributed by atoms with E-state index in [1.54, 1.807) is 24.5 Å². The highest BCUT2D eigenvalue weighted by Gasteiger charge is 2.10. The summed E-state index contributed by atoms with van der Waals surface area (Å²) in [5.41, 5.74) is 9.72. The van der Waals surface area contributed by atoms with Crippen LogP contribution in [0.1, 0.15) is 17.2 Å². The SMILES string of the molecule is NC(Cc1ccc(F)c(Cl)c1)c1ccc2nccnc2c1. The molecule has 21 heavy (non-hydrogen) atoms. The molecule has 1 atom stereocenters. The molecule has 0 aliphatic carbocycles. The van der Waals surface area contributed by atoms with Crippen LogP contribution in [0.15, 0.2) is 48.8 Å². The Kier molecular flexibility index (Phi) is 3.82. The van der Waals surface area contributed by atoms with Crippen molar-refractivity contribution >= 4 is 22.6 Å². The molecule has 1 heterocycles. The van der Waals surface area contributed by atoms with Crippen molar-refractivity contribution in [3.8, 4) is 0 Å². The summed E-state index contributed by atoms with van der Waals surface area (Å²) in [6, 6.07) is 10.2. The van der Waals surface area contributed by atoms with E-state index < -0.39 is 5.82 Å². The van der Waals surface area contributed by atoms with Crippen LogP contribution >= 0.6 is 11.6 Å². The van der Waals surface area contributed by atoms with E-state index in [0.717, 1.165) is 22.2 Å². The van der Waals surface area contributed by atoms with Crippen LogP contribution in [0.3, 0.4) is 0 Å². The molecule has 0 aliphatic heterocycles. The molecule has 1 unspecified atom stereocenters. The highest BCUT2D eigenvalue weighted by molar-refractivity contribution is 6.30. The van der Waals surface area contributed by atoms with Crippen LogP contribution in [-0.2, 0) is 6.42 Å². The topological polar surface area (TPSA) is 51.8 Å². The van der Waals surface area contributed by atoms with Gasteiger partial charge in [0.05, 0.1) is 16.1 Å². The van der Waals surface area contributed by atoms with Crippen molar-refractivity contribution in [3.63, 3.8) is 0 Å². The second kappa shape index (κ2) is 5.76. The lowest BCUT2D eigenvalue weighted by molar-refractivity contribution is 0.626. The Labute approximate surface area is 126 Å². The van der Waals surface area contributed by atoms with E-state index in [1.165, 1.54) is 6.07 Å². The monoisotopic (exact) mass is 301 g/mol. The van der Waals surface area contributed by atoms with E-state index in [4.69, 9.17) is 17.3 Å². The van der Waals surface area contributed by atoms with Gasteiger partial charge in [0.1, 0.15) is 5.82 Å². The van der Waals surface area contributed by atoms with Gasteiger partial charge in [0.2, 0.25) is 0 Å². The maximum absolute atomic E-state index is 13.2. The van der Waals surface area contributed by atoms with E-state index >= 15 is 0 Å². The van der Waals surface area contributed by atoms with Crippen molar-refractivity contribution in [2.24, 2.45) is 5.73 Å². The average Bonchev–Trinajstić information content (AvgIpc) is 2.50. The molecule has 106 valence electrons. The Hall–Kier alpha value is -2.04. The number of halogens is 2. The molecular weight excluding hydrogens is 289 g/mol. The third kappa shape index (κ3) is 3.01. The largest absolute Gasteiger partial charge is 0.324 e. The number of rotatable bonds is 3. The third-order valence-electron chi connectivity index (χ3n) is 3.36. The van der Waals surface area contributed by atoms with Crippen molar-refractivity contribution in [2.75, 3.05) is 0 Å². The zero-order valence-electron chi connectivity index (χ0n) is 11.1. The molecule has 1 aromatic heterocycles. The number of benzene rings is 2. The van der Waals surface area contributed by atoms with E-state index in [0.29, 0.717) is 6.42 Å². The number of nitrogens with zero attached hydrogens (tertiary/aromatic N) is 2. The third-order valence-corrected chi connectivity index (χ3v) is 3.65. The summed E-state index contributed by atoms with van der Waals surface area (Å²) in [7, 11) is 0. The van der Waals surface area contributed by atoms with Crippen LogP contribution in [0.2, 0.25) is 5.02 Å². The fraction of sp³-hybridized carbons (Fsp3) is 0.125. The number of fused-ring (bicyclic) bond motifs is 1. The van der Waals surface area contributed by atoms with Crippen LogP contribution < -0.4 is 5.73 Å². The minimum Gasteiger partial charge on any atom is -0.324 e. The minimum absolute atomic E-state index is 0.115. The molecule has 3 nitrogen and oxygen atoms in total. The van der Waals surface area contributed by atoms with Crippen LogP contribution in [0.4, 0.5) is 4.39 Å². The van der Waals surface area contributed by atoms with Crippen molar-refractivity contribution in [1.29, 1.82) is 0 Å². The highest BCUT2D eigenvalue weighted by Crippen LogP contribution is 2.22. The van der Waals surface area contributed by atoms with Gasteiger partial charge in [0.25, 0.3) is 0 Å². The van der Waals surface area contributed by atoms with E-state index in [2.05, 4.69) is 9.97 Å². The lowest BCUT2D eigenvalue weighted by atomic mass is 9.99. The summed E-state index contributed by atoms with van der Waals surface area (Å²) in [6.07, 6.45) is 3.88. The van der Waals surface area contributed by atoms with Gasteiger partial charge in [-0.3, -0.25) is 9.97 Å². The number of hydrogen-bond acceptors (Lipinski definition) is 3. The summed E-state index contributed by atoms with van der Waals surface area (Å²) in [6.45, 7) is 0. The van der Waals surface area contributed by atoms with Gasteiger partial charge in [-0.15, -0.1) is 0 Å². The van der Waals surface area contributed by atoms with Crippen LogP contribution in [0, 0.1) is 5.82 Å². The molecule has 0 radical (unpaired) electrons. The average molecular weight is 302 g/mol. The first-order valence-corrected chi connectivity index (χ1v) is 6.91. The standard InChI is InChI=1S/C16H13ClFN3/c17-12-7-10(1-3-13(12)18)8-14(19)11-2-4-15-16(9-11)21-6-5-20-15/h1-7,9,14H,8,19H2. The fourth-order valence-corrected chi connectivity index (χ4v) is 2.45. The van der Waals surface area contributed by atoms with Gasteiger partial charge in [-0.1, -0.05) is 23.7 Å². The van der Waals surface area contributed by atoms with Crippen LogP contribution in [0.25, 0.3) is 11.0 Å². The second-order valence-corrected chi connectivity index (χ2v) is 5.27. The molecule has 3 rings (SSSR count).